The largest absolute Gasteiger partial charge is 0.346 e. The summed E-state index contributed by atoms with van der Waals surface area (Å²) in [6, 6.07) is 14.1. The summed E-state index contributed by atoms with van der Waals surface area (Å²) < 4.78 is 0. The van der Waals surface area contributed by atoms with E-state index >= 15 is 0 Å². The molecule has 6 heteroatoms. The molecule has 1 atom stereocenters. The number of hydrogen-bond donors (Lipinski definition) is 2. The molecule has 5 nitrogen and oxygen atoms in total. The van der Waals surface area contributed by atoms with Crippen LogP contribution in [-0.4, -0.2) is 35.3 Å². The maximum Gasteiger partial charge on any atom is 0.242 e. The summed E-state index contributed by atoms with van der Waals surface area (Å²) in [5, 5.41) is 5.08. The first kappa shape index (κ1) is 23.2. The van der Waals surface area contributed by atoms with Crippen molar-refractivity contribution >= 4 is 35.0 Å². The molecule has 2 aromatic rings. The molecule has 1 aliphatic carbocycles. The Bertz CT molecular complexity index is 828. The monoisotopic (exact) mass is 417 g/mol. The van der Waals surface area contributed by atoms with Crippen LogP contribution < -0.4 is 11.1 Å². The van der Waals surface area contributed by atoms with Crippen molar-refractivity contribution in [1.82, 2.24) is 10.2 Å². The lowest BCUT2D eigenvalue weighted by atomic mass is 10.0. The van der Waals surface area contributed by atoms with Gasteiger partial charge < -0.3 is 16.0 Å². The highest BCUT2D eigenvalue weighted by molar-refractivity contribution is 5.89. The van der Waals surface area contributed by atoms with Crippen molar-refractivity contribution in [3.8, 4) is 0 Å². The van der Waals surface area contributed by atoms with Crippen molar-refractivity contribution in [3.63, 3.8) is 0 Å². The first-order chi connectivity index (χ1) is 13.5. The Morgan fingerprint density at radius 3 is 2.45 bits per heavy atom. The maximum absolute atomic E-state index is 13.0. The number of benzene rings is 2. The molecule has 158 valence electrons. The predicted octanol–water partition coefficient (Wildman–Crippen LogP) is 3.63. The van der Waals surface area contributed by atoms with E-state index in [1.54, 1.807) is 0 Å². The molecule has 1 fully saturated rings. The van der Waals surface area contributed by atoms with Crippen LogP contribution in [0.2, 0.25) is 0 Å². The average Bonchev–Trinajstić information content (AvgIpc) is 3.23. The minimum Gasteiger partial charge on any atom is -0.346 e. The molecular formula is C23H32ClN3O2. The van der Waals surface area contributed by atoms with Crippen LogP contribution in [0.4, 0.5) is 0 Å². The summed E-state index contributed by atoms with van der Waals surface area (Å²) >= 11 is 0. The fourth-order valence-corrected chi connectivity index (χ4v) is 3.94. The molecular weight excluding hydrogens is 386 g/mol. The van der Waals surface area contributed by atoms with E-state index < -0.39 is 6.04 Å². The summed E-state index contributed by atoms with van der Waals surface area (Å²) in [4.78, 5) is 27.2. The standard InChI is InChI=1S/C23H31N3O2.ClH/c1-16(2)22(24)23(28)25-14-21(27)26(19-11-4-5-12-19)15-18-10-7-9-17-8-3-6-13-20(17)18;/h3,6-10,13,16,19,22H,4-5,11-12,14-15,24H2,1-2H3,(H,25,28);1H/t22-;/m0./s1. The van der Waals surface area contributed by atoms with Crippen LogP contribution in [0, 0.1) is 5.92 Å². The van der Waals surface area contributed by atoms with Gasteiger partial charge in [0.2, 0.25) is 11.8 Å². The van der Waals surface area contributed by atoms with E-state index in [1.807, 2.05) is 36.9 Å². The molecule has 0 heterocycles. The molecule has 0 radical (unpaired) electrons. The second kappa shape index (κ2) is 10.6. The molecule has 0 unspecified atom stereocenters. The first-order valence-electron chi connectivity index (χ1n) is 10.3. The summed E-state index contributed by atoms with van der Waals surface area (Å²) in [6.07, 6.45) is 4.34. The highest BCUT2D eigenvalue weighted by Crippen LogP contribution is 2.27. The second-order valence-corrected chi connectivity index (χ2v) is 8.09. The zero-order chi connectivity index (χ0) is 20.1. The van der Waals surface area contributed by atoms with Gasteiger partial charge in [-0.1, -0.05) is 69.2 Å². The molecule has 0 spiro atoms. The summed E-state index contributed by atoms with van der Waals surface area (Å²) in [6.45, 7) is 4.37. The van der Waals surface area contributed by atoms with Gasteiger partial charge in [-0.05, 0) is 35.1 Å². The first-order valence-corrected chi connectivity index (χ1v) is 10.3. The van der Waals surface area contributed by atoms with E-state index in [2.05, 4.69) is 29.6 Å². The van der Waals surface area contributed by atoms with E-state index in [0.29, 0.717) is 6.54 Å². The van der Waals surface area contributed by atoms with Crippen LogP contribution >= 0.6 is 12.4 Å². The van der Waals surface area contributed by atoms with Crippen LogP contribution in [0.5, 0.6) is 0 Å². The smallest absolute Gasteiger partial charge is 0.242 e. The normalized spacial score (nSPS) is 15.2. The van der Waals surface area contributed by atoms with Crippen molar-refractivity contribution in [3.05, 3.63) is 48.0 Å². The Balaban J connectivity index is 0.00000300. The van der Waals surface area contributed by atoms with Crippen LogP contribution in [0.15, 0.2) is 42.5 Å². The number of carbonyl (C=O) groups excluding carboxylic acids is 2. The fourth-order valence-electron chi connectivity index (χ4n) is 3.94. The van der Waals surface area contributed by atoms with E-state index in [-0.39, 0.29) is 42.7 Å². The van der Waals surface area contributed by atoms with Crippen molar-refractivity contribution in [2.45, 2.75) is 58.2 Å². The SMILES string of the molecule is CC(C)[C@H](N)C(=O)NCC(=O)N(Cc1cccc2ccccc12)C1CCCC1.Cl. The lowest BCUT2D eigenvalue weighted by Crippen LogP contribution is -2.49. The van der Waals surface area contributed by atoms with Crippen LogP contribution in [0.3, 0.4) is 0 Å². The van der Waals surface area contributed by atoms with Gasteiger partial charge in [-0.3, -0.25) is 9.59 Å². The van der Waals surface area contributed by atoms with Crippen molar-refractivity contribution in [1.29, 1.82) is 0 Å². The molecule has 0 bridgehead atoms. The number of nitrogens with zero attached hydrogens (tertiary/aromatic N) is 1. The number of halogens is 1. The second-order valence-electron chi connectivity index (χ2n) is 8.09. The van der Waals surface area contributed by atoms with Gasteiger partial charge in [0, 0.05) is 12.6 Å². The summed E-state index contributed by atoms with van der Waals surface area (Å²) in [5.41, 5.74) is 7.04. The van der Waals surface area contributed by atoms with Crippen LogP contribution in [0.1, 0.15) is 45.1 Å². The van der Waals surface area contributed by atoms with E-state index in [9.17, 15) is 9.59 Å². The summed E-state index contributed by atoms with van der Waals surface area (Å²) in [7, 11) is 0. The van der Waals surface area contributed by atoms with Gasteiger partial charge >= 0.3 is 0 Å². The minimum atomic E-state index is -0.592. The van der Waals surface area contributed by atoms with E-state index in [0.717, 1.165) is 31.2 Å². The molecule has 3 rings (SSSR count). The third-order valence-corrected chi connectivity index (χ3v) is 5.74. The zero-order valence-electron chi connectivity index (χ0n) is 17.3. The number of fused-ring (bicyclic) bond motifs is 1. The molecule has 1 saturated carbocycles. The molecule has 0 aromatic heterocycles. The van der Waals surface area contributed by atoms with Gasteiger partial charge in [-0.25, -0.2) is 0 Å². The highest BCUT2D eigenvalue weighted by atomic mass is 35.5. The quantitative estimate of drug-likeness (QED) is 0.722. The van der Waals surface area contributed by atoms with Crippen LogP contribution in [0.25, 0.3) is 10.8 Å². The molecule has 0 aliphatic heterocycles. The topological polar surface area (TPSA) is 75.4 Å². The van der Waals surface area contributed by atoms with Crippen molar-refractivity contribution in [2.24, 2.45) is 11.7 Å². The zero-order valence-corrected chi connectivity index (χ0v) is 18.1. The molecule has 3 N–H and O–H groups in total. The Kier molecular flexibility index (Phi) is 8.47. The lowest BCUT2D eigenvalue weighted by Gasteiger charge is -2.30. The van der Waals surface area contributed by atoms with Gasteiger partial charge in [0.1, 0.15) is 0 Å². The predicted molar refractivity (Wildman–Crippen MR) is 120 cm³/mol. The number of nitrogens with two attached hydrogens (primary N) is 1. The highest BCUT2D eigenvalue weighted by Gasteiger charge is 2.28. The molecule has 2 amide bonds. The Morgan fingerprint density at radius 2 is 1.76 bits per heavy atom. The van der Waals surface area contributed by atoms with Crippen LogP contribution in [-0.2, 0) is 16.1 Å². The Labute approximate surface area is 179 Å². The van der Waals surface area contributed by atoms with Gasteiger partial charge in [0.05, 0.1) is 12.6 Å². The number of carbonyl (C=O) groups is 2. The van der Waals surface area contributed by atoms with Gasteiger partial charge in [0.25, 0.3) is 0 Å². The molecule has 29 heavy (non-hydrogen) atoms. The van der Waals surface area contributed by atoms with E-state index in [1.165, 1.54) is 10.8 Å². The third-order valence-electron chi connectivity index (χ3n) is 5.74. The minimum absolute atomic E-state index is 0. The van der Waals surface area contributed by atoms with Gasteiger partial charge in [-0.2, -0.15) is 0 Å². The fraction of sp³-hybridized carbons (Fsp3) is 0.478. The lowest BCUT2D eigenvalue weighted by molar-refractivity contribution is -0.135. The number of nitrogens with one attached hydrogen (secondary N) is 1. The van der Waals surface area contributed by atoms with E-state index in [4.69, 9.17) is 5.73 Å². The van der Waals surface area contributed by atoms with Crippen molar-refractivity contribution < 1.29 is 9.59 Å². The molecule has 0 saturated heterocycles. The number of rotatable bonds is 7. The Hall–Kier alpha value is -2.11. The van der Waals surface area contributed by atoms with Crippen molar-refractivity contribution in [2.75, 3.05) is 6.54 Å². The van der Waals surface area contributed by atoms with Gasteiger partial charge in [0.15, 0.2) is 0 Å². The van der Waals surface area contributed by atoms with Gasteiger partial charge in [-0.15, -0.1) is 12.4 Å². The number of amides is 2. The molecule has 2 aromatic carbocycles. The summed E-state index contributed by atoms with van der Waals surface area (Å²) in [5.74, 6) is -0.263. The maximum atomic E-state index is 13.0. The number of hydrogen-bond acceptors (Lipinski definition) is 3. The molecule has 1 aliphatic rings. The average molecular weight is 418 g/mol. The Morgan fingerprint density at radius 1 is 1.10 bits per heavy atom. The third kappa shape index (κ3) is 5.71.